The maximum Gasteiger partial charge on any atom is 0.226 e. The Morgan fingerprint density at radius 3 is 2.82 bits per heavy atom. The summed E-state index contributed by atoms with van der Waals surface area (Å²) in [5.74, 6) is -0.0536. The molecule has 0 aliphatic carbocycles. The number of hydrogen-bond donors (Lipinski definition) is 2. The highest BCUT2D eigenvalue weighted by Gasteiger charge is 2.04. The maximum atomic E-state index is 11.5. The lowest BCUT2D eigenvalue weighted by atomic mass is 10.2. The predicted octanol–water partition coefficient (Wildman–Crippen LogP) is 2.36. The van der Waals surface area contributed by atoms with E-state index in [1.807, 2.05) is 26.0 Å². The van der Waals surface area contributed by atoms with Crippen LogP contribution in [0.5, 0.6) is 0 Å². The van der Waals surface area contributed by atoms with Crippen LogP contribution < -0.4 is 11.1 Å². The van der Waals surface area contributed by atoms with Gasteiger partial charge in [-0.25, -0.2) is 0 Å². The molecule has 1 amide bonds. The minimum Gasteiger partial charge on any atom is -0.399 e. The van der Waals surface area contributed by atoms with Crippen LogP contribution in [0.1, 0.15) is 18.9 Å². The summed E-state index contributed by atoms with van der Waals surface area (Å²) in [7, 11) is 0. The number of rotatable bonds is 5. The van der Waals surface area contributed by atoms with Crippen molar-refractivity contribution in [2.24, 2.45) is 0 Å². The third kappa shape index (κ3) is 5.56. The molecule has 96 valence electrons. The van der Waals surface area contributed by atoms with Crippen LogP contribution in [0.2, 0.25) is 0 Å². The SMILES string of the molecule is CCOCCC(=O)Nc1cc(N)ccc1C.Cl. The number of anilines is 2. The molecule has 0 saturated carbocycles. The minimum atomic E-state index is -0.0536. The fourth-order valence-corrected chi connectivity index (χ4v) is 1.30. The normalized spacial score (nSPS) is 9.53. The number of carbonyl (C=O) groups is 1. The summed E-state index contributed by atoms with van der Waals surface area (Å²) in [4.78, 5) is 11.5. The molecule has 1 rings (SSSR count). The van der Waals surface area contributed by atoms with Crippen LogP contribution in [0.3, 0.4) is 0 Å². The second kappa shape index (κ2) is 7.92. The van der Waals surface area contributed by atoms with Gasteiger partial charge >= 0.3 is 0 Å². The smallest absolute Gasteiger partial charge is 0.226 e. The second-order valence-corrected chi connectivity index (χ2v) is 3.57. The lowest BCUT2D eigenvalue weighted by Crippen LogP contribution is -2.15. The summed E-state index contributed by atoms with van der Waals surface area (Å²) < 4.78 is 5.11. The van der Waals surface area contributed by atoms with E-state index in [-0.39, 0.29) is 18.3 Å². The van der Waals surface area contributed by atoms with Gasteiger partial charge in [-0.3, -0.25) is 4.79 Å². The Labute approximate surface area is 108 Å². The van der Waals surface area contributed by atoms with E-state index in [1.165, 1.54) is 0 Å². The Morgan fingerprint density at radius 2 is 2.18 bits per heavy atom. The molecule has 0 atom stereocenters. The van der Waals surface area contributed by atoms with Gasteiger partial charge in [0.1, 0.15) is 0 Å². The molecule has 0 spiro atoms. The van der Waals surface area contributed by atoms with E-state index in [0.717, 1.165) is 11.3 Å². The van der Waals surface area contributed by atoms with Gasteiger partial charge in [-0.1, -0.05) is 6.07 Å². The summed E-state index contributed by atoms with van der Waals surface area (Å²) in [5, 5.41) is 2.81. The van der Waals surface area contributed by atoms with Gasteiger partial charge in [-0.05, 0) is 31.5 Å². The third-order valence-electron chi connectivity index (χ3n) is 2.21. The van der Waals surface area contributed by atoms with Gasteiger partial charge in [0.15, 0.2) is 0 Å². The number of benzene rings is 1. The van der Waals surface area contributed by atoms with Gasteiger partial charge in [0.25, 0.3) is 0 Å². The highest BCUT2D eigenvalue weighted by Crippen LogP contribution is 2.18. The van der Waals surface area contributed by atoms with Gasteiger partial charge in [0.2, 0.25) is 5.91 Å². The standard InChI is InChI=1S/C12H18N2O2.ClH/c1-3-16-7-6-12(15)14-11-8-10(13)5-4-9(11)2;/h4-5,8H,3,6-7,13H2,1-2H3,(H,14,15);1H. The van der Waals surface area contributed by atoms with Crippen LogP contribution in [0, 0.1) is 6.92 Å². The van der Waals surface area contributed by atoms with Crippen LogP contribution in [-0.2, 0) is 9.53 Å². The second-order valence-electron chi connectivity index (χ2n) is 3.57. The van der Waals surface area contributed by atoms with Crippen LogP contribution in [0.4, 0.5) is 11.4 Å². The lowest BCUT2D eigenvalue weighted by molar-refractivity contribution is -0.117. The van der Waals surface area contributed by atoms with Gasteiger partial charge in [0.05, 0.1) is 13.0 Å². The number of ether oxygens (including phenoxy) is 1. The average molecular weight is 259 g/mol. The van der Waals surface area contributed by atoms with Crippen molar-refractivity contribution in [1.82, 2.24) is 0 Å². The summed E-state index contributed by atoms with van der Waals surface area (Å²) in [6, 6.07) is 5.45. The van der Waals surface area contributed by atoms with Crippen molar-refractivity contribution in [3.8, 4) is 0 Å². The zero-order valence-electron chi connectivity index (χ0n) is 10.2. The first-order valence-corrected chi connectivity index (χ1v) is 5.37. The molecule has 0 bridgehead atoms. The van der Waals surface area contributed by atoms with Gasteiger partial charge in [-0.15, -0.1) is 12.4 Å². The minimum absolute atomic E-state index is 0. The molecular formula is C12H19ClN2O2. The Morgan fingerprint density at radius 1 is 1.47 bits per heavy atom. The summed E-state index contributed by atoms with van der Waals surface area (Å²) in [6.07, 6.45) is 0.363. The fourth-order valence-electron chi connectivity index (χ4n) is 1.30. The molecule has 5 heteroatoms. The monoisotopic (exact) mass is 258 g/mol. The summed E-state index contributed by atoms with van der Waals surface area (Å²) in [6.45, 7) is 4.91. The quantitative estimate of drug-likeness (QED) is 0.630. The third-order valence-corrected chi connectivity index (χ3v) is 2.21. The van der Waals surface area contributed by atoms with E-state index in [4.69, 9.17) is 10.5 Å². The van der Waals surface area contributed by atoms with Gasteiger partial charge in [-0.2, -0.15) is 0 Å². The highest BCUT2D eigenvalue weighted by atomic mass is 35.5. The number of nitrogens with one attached hydrogen (secondary N) is 1. The highest BCUT2D eigenvalue weighted by molar-refractivity contribution is 5.92. The lowest BCUT2D eigenvalue weighted by Gasteiger charge is -2.09. The fraction of sp³-hybridized carbons (Fsp3) is 0.417. The summed E-state index contributed by atoms with van der Waals surface area (Å²) >= 11 is 0. The Bertz CT molecular complexity index is 370. The number of nitrogen functional groups attached to an aromatic ring is 1. The molecule has 1 aromatic rings. The van der Waals surface area contributed by atoms with Gasteiger partial charge in [0, 0.05) is 18.0 Å². The van der Waals surface area contributed by atoms with E-state index >= 15 is 0 Å². The van der Waals surface area contributed by atoms with Gasteiger partial charge < -0.3 is 15.8 Å². The topological polar surface area (TPSA) is 64.3 Å². The molecule has 1 aromatic carbocycles. The zero-order chi connectivity index (χ0) is 12.0. The first-order chi connectivity index (χ1) is 7.63. The Hall–Kier alpha value is -1.26. The molecule has 3 N–H and O–H groups in total. The van der Waals surface area contributed by atoms with Crippen molar-refractivity contribution in [2.75, 3.05) is 24.3 Å². The molecule has 0 fully saturated rings. The van der Waals surface area contributed by atoms with Crippen molar-refractivity contribution in [3.63, 3.8) is 0 Å². The van der Waals surface area contributed by atoms with E-state index in [9.17, 15) is 4.79 Å². The number of halogens is 1. The molecule has 0 heterocycles. The predicted molar refractivity (Wildman–Crippen MR) is 72.6 cm³/mol. The zero-order valence-corrected chi connectivity index (χ0v) is 11.0. The molecule has 4 nitrogen and oxygen atoms in total. The van der Waals surface area contributed by atoms with Crippen LogP contribution >= 0.6 is 12.4 Å². The number of nitrogens with two attached hydrogens (primary N) is 1. The Kier molecular flexibility index (Phi) is 7.34. The molecule has 0 aromatic heterocycles. The number of carbonyl (C=O) groups excluding carboxylic acids is 1. The number of amides is 1. The summed E-state index contributed by atoms with van der Waals surface area (Å²) in [5.41, 5.74) is 8.06. The first kappa shape index (κ1) is 15.7. The molecule has 17 heavy (non-hydrogen) atoms. The molecule has 0 aliphatic rings. The van der Waals surface area contributed by atoms with Crippen LogP contribution in [0.25, 0.3) is 0 Å². The average Bonchev–Trinajstić information content (AvgIpc) is 2.24. The maximum absolute atomic E-state index is 11.5. The van der Waals surface area contributed by atoms with Crippen LogP contribution in [-0.4, -0.2) is 19.1 Å². The Balaban J connectivity index is 0.00000256. The molecule has 0 saturated heterocycles. The first-order valence-electron chi connectivity index (χ1n) is 5.37. The van der Waals surface area contributed by atoms with Crippen molar-refractivity contribution < 1.29 is 9.53 Å². The van der Waals surface area contributed by atoms with Crippen LogP contribution in [0.15, 0.2) is 18.2 Å². The molecule has 0 aliphatic heterocycles. The molecular weight excluding hydrogens is 240 g/mol. The molecule has 0 radical (unpaired) electrons. The van der Waals surface area contributed by atoms with E-state index in [1.54, 1.807) is 6.07 Å². The number of hydrogen-bond acceptors (Lipinski definition) is 3. The van der Waals surface area contributed by atoms with Crippen molar-refractivity contribution in [1.29, 1.82) is 0 Å². The van der Waals surface area contributed by atoms with E-state index < -0.39 is 0 Å². The van der Waals surface area contributed by atoms with E-state index in [0.29, 0.717) is 25.3 Å². The van der Waals surface area contributed by atoms with Crippen molar-refractivity contribution in [3.05, 3.63) is 23.8 Å². The van der Waals surface area contributed by atoms with Crippen molar-refractivity contribution >= 4 is 29.7 Å². The molecule has 0 unspecified atom stereocenters. The van der Waals surface area contributed by atoms with Crippen molar-refractivity contribution in [2.45, 2.75) is 20.3 Å². The van der Waals surface area contributed by atoms with E-state index in [2.05, 4.69) is 5.32 Å². The largest absolute Gasteiger partial charge is 0.399 e. The number of aryl methyl sites for hydroxylation is 1.